The largest absolute Gasteiger partial charge is 0.463 e. The summed E-state index contributed by atoms with van der Waals surface area (Å²) in [5.74, 6) is 7.06. The lowest BCUT2D eigenvalue weighted by molar-refractivity contribution is -0.160. The molecule has 0 aromatic heterocycles. The van der Waals surface area contributed by atoms with Crippen LogP contribution in [0.3, 0.4) is 0 Å². The molecule has 0 aliphatic heterocycles. The van der Waals surface area contributed by atoms with E-state index in [4.69, 9.17) is 4.74 Å². The van der Waals surface area contributed by atoms with E-state index in [0.29, 0.717) is 10.8 Å². The summed E-state index contributed by atoms with van der Waals surface area (Å²) < 4.78 is 5.67. The molecule has 10 atom stereocenters. The van der Waals surface area contributed by atoms with E-state index >= 15 is 0 Å². The van der Waals surface area contributed by atoms with Crippen molar-refractivity contribution in [2.75, 3.05) is 0 Å². The van der Waals surface area contributed by atoms with Gasteiger partial charge in [0.15, 0.2) is 0 Å². The van der Waals surface area contributed by atoms with Gasteiger partial charge in [0.05, 0.1) is 0 Å². The van der Waals surface area contributed by atoms with Crippen LogP contribution in [0.15, 0.2) is 0 Å². The van der Waals surface area contributed by atoms with Gasteiger partial charge in [0, 0.05) is 6.92 Å². The molecule has 190 valence electrons. The Morgan fingerprint density at radius 2 is 1.61 bits per heavy atom. The second-order valence-electron chi connectivity index (χ2n) is 13.9. The highest BCUT2D eigenvalue weighted by Gasteiger charge is 2.60. The van der Waals surface area contributed by atoms with Crippen LogP contribution in [0.5, 0.6) is 0 Å². The Morgan fingerprint density at radius 1 is 0.909 bits per heavy atom. The van der Waals surface area contributed by atoms with Gasteiger partial charge in [-0.1, -0.05) is 54.4 Å². The van der Waals surface area contributed by atoms with Crippen molar-refractivity contribution in [3.05, 3.63) is 0 Å². The van der Waals surface area contributed by atoms with E-state index in [-0.39, 0.29) is 12.1 Å². The van der Waals surface area contributed by atoms with Crippen molar-refractivity contribution in [2.45, 2.75) is 132 Å². The molecule has 2 nitrogen and oxygen atoms in total. The van der Waals surface area contributed by atoms with E-state index in [1.807, 2.05) is 0 Å². The molecule has 0 saturated heterocycles. The lowest BCUT2D eigenvalue weighted by Crippen LogP contribution is -2.54. The van der Waals surface area contributed by atoms with E-state index < -0.39 is 0 Å². The lowest BCUT2D eigenvalue weighted by atomic mass is 9.44. The number of esters is 1. The summed E-state index contributed by atoms with van der Waals surface area (Å²) in [5.41, 5.74) is 1.06. The second-order valence-corrected chi connectivity index (χ2v) is 13.9. The first-order valence-corrected chi connectivity index (χ1v) is 14.8. The van der Waals surface area contributed by atoms with Gasteiger partial charge in [-0.3, -0.25) is 4.79 Å². The van der Waals surface area contributed by atoms with Crippen molar-refractivity contribution in [2.24, 2.45) is 58.2 Å². The summed E-state index contributed by atoms with van der Waals surface area (Å²) in [5, 5.41) is 0. The van der Waals surface area contributed by atoms with Crippen LogP contribution in [0.4, 0.5) is 0 Å². The maximum atomic E-state index is 11.5. The first-order chi connectivity index (χ1) is 15.6. The topological polar surface area (TPSA) is 26.3 Å². The minimum atomic E-state index is -0.0875. The predicted octanol–water partition coefficient (Wildman–Crippen LogP) is 8.68. The standard InChI is InChI=1S/C31H54O2/c1-8-23(20(2)3)10-9-21(4)27-13-14-28-26-12-11-24-19-25(33-22(5)32)15-17-30(24,6)29(26)16-18-31(27,28)7/h20-21,23-29H,8-19H2,1-7H3/t21-,23+,24+,25?,26?,27?,28?,29?,30?,31?/m1/s1. The highest BCUT2D eigenvalue weighted by molar-refractivity contribution is 5.66. The van der Waals surface area contributed by atoms with Crippen LogP contribution in [0.1, 0.15) is 126 Å². The molecule has 33 heavy (non-hydrogen) atoms. The van der Waals surface area contributed by atoms with Gasteiger partial charge in [0.2, 0.25) is 0 Å². The second kappa shape index (κ2) is 9.85. The highest BCUT2D eigenvalue weighted by atomic mass is 16.5. The van der Waals surface area contributed by atoms with Crippen LogP contribution in [0, 0.1) is 58.2 Å². The number of hydrogen-bond donors (Lipinski definition) is 0. The fourth-order valence-electron chi connectivity index (χ4n) is 10.2. The van der Waals surface area contributed by atoms with Gasteiger partial charge in [-0.2, -0.15) is 0 Å². The molecule has 4 rings (SSSR count). The molecule has 4 aliphatic rings. The zero-order chi connectivity index (χ0) is 24.0. The Morgan fingerprint density at radius 3 is 2.27 bits per heavy atom. The summed E-state index contributed by atoms with van der Waals surface area (Å²) in [6.07, 6.45) is 16.6. The maximum Gasteiger partial charge on any atom is 0.302 e. The number of rotatable bonds is 7. The van der Waals surface area contributed by atoms with E-state index in [0.717, 1.165) is 60.2 Å². The predicted molar refractivity (Wildman–Crippen MR) is 138 cm³/mol. The molecule has 7 unspecified atom stereocenters. The summed E-state index contributed by atoms with van der Waals surface area (Å²) in [7, 11) is 0. The smallest absolute Gasteiger partial charge is 0.302 e. The van der Waals surface area contributed by atoms with Crippen molar-refractivity contribution in [3.63, 3.8) is 0 Å². The zero-order valence-corrected chi connectivity index (χ0v) is 23.0. The molecule has 0 amide bonds. The number of hydrogen-bond acceptors (Lipinski definition) is 2. The van der Waals surface area contributed by atoms with Crippen molar-refractivity contribution in [3.8, 4) is 0 Å². The number of carbonyl (C=O) groups is 1. The summed E-state index contributed by atoms with van der Waals surface area (Å²) in [4.78, 5) is 11.5. The molecule has 0 bridgehead atoms. The van der Waals surface area contributed by atoms with Gasteiger partial charge in [0.25, 0.3) is 0 Å². The zero-order valence-electron chi connectivity index (χ0n) is 23.0. The van der Waals surface area contributed by atoms with Gasteiger partial charge in [-0.05, 0) is 122 Å². The van der Waals surface area contributed by atoms with Crippen molar-refractivity contribution in [1.82, 2.24) is 0 Å². The Kier molecular flexibility index (Phi) is 7.63. The van der Waals surface area contributed by atoms with E-state index in [9.17, 15) is 4.79 Å². The number of ether oxygens (including phenoxy) is 1. The fourth-order valence-corrected chi connectivity index (χ4v) is 10.2. The molecule has 0 radical (unpaired) electrons. The van der Waals surface area contributed by atoms with Gasteiger partial charge >= 0.3 is 5.97 Å². The Labute approximate surface area is 205 Å². The van der Waals surface area contributed by atoms with Crippen LogP contribution < -0.4 is 0 Å². The average Bonchev–Trinajstić information content (AvgIpc) is 3.11. The quantitative estimate of drug-likeness (QED) is 0.357. The van der Waals surface area contributed by atoms with Crippen LogP contribution in [-0.2, 0) is 9.53 Å². The molecule has 2 heteroatoms. The minimum Gasteiger partial charge on any atom is -0.463 e. The third kappa shape index (κ3) is 4.67. The number of fused-ring (bicyclic) bond motifs is 5. The molecule has 4 aliphatic carbocycles. The van der Waals surface area contributed by atoms with E-state index in [1.54, 1.807) is 6.92 Å². The third-order valence-corrected chi connectivity index (χ3v) is 12.2. The number of carbonyl (C=O) groups excluding carboxylic acids is 1. The molecule has 4 saturated carbocycles. The van der Waals surface area contributed by atoms with Crippen LogP contribution in [-0.4, -0.2) is 12.1 Å². The Bertz CT molecular complexity index is 684. The fraction of sp³-hybridized carbons (Fsp3) is 0.968. The molecule has 0 heterocycles. The van der Waals surface area contributed by atoms with E-state index in [1.165, 1.54) is 64.2 Å². The Hall–Kier alpha value is -0.530. The Balaban J connectivity index is 1.42. The molecular weight excluding hydrogens is 404 g/mol. The highest BCUT2D eigenvalue weighted by Crippen LogP contribution is 2.68. The first kappa shape index (κ1) is 25.6. The first-order valence-electron chi connectivity index (χ1n) is 14.8. The van der Waals surface area contributed by atoms with Crippen molar-refractivity contribution >= 4 is 5.97 Å². The van der Waals surface area contributed by atoms with Crippen LogP contribution in [0.2, 0.25) is 0 Å². The van der Waals surface area contributed by atoms with Gasteiger partial charge in [-0.15, -0.1) is 0 Å². The lowest BCUT2D eigenvalue weighted by Gasteiger charge is -2.61. The van der Waals surface area contributed by atoms with Gasteiger partial charge in [0.1, 0.15) is 6.10 Å². The van der Waals surface area contributed by atoms with E-state index in [2.05, 4.69) is 41.5 Å². The van der Waals surface area contributed by atoms with Gasteiger partial charge < -0.3 is 4.74 Å². The van der Waals surface area contributed by atoms with Crippen molar-refractivity contribution < 1.29 is 9.53 Å². The van der Waals surface area contributed by atoms with Crippen molar-refractivity contribution in [1.29, 1.82) is 0 Å². The molecule has 0 spiro atoms. The van der Waals surface area contributed by atoms with Gasteiger partial charge in [-0.25, -0.2) is 0 Å². The molecule has 0 aromatic rings. The third-order valence-electron chi connectivity index (χ3n) is 12.2. The molecule has 0 N–H and O–H groups in total. The summed E-state index contributed by atoms with van der Waals surface area (Å²) in [6, 6.07) is 0. The average molecular weight is 459 g/mol. The maximum absolute atomic E-state index is 11.5. The molecule has 4 fully saturated rings. The molecule has 0 aromatic carbocycles. The summed E-state index contributed by atoms with van der Waals surface area (Å²) in [6.45, 7) is 16.8. The minimum absolute atomic E-state index is 0.0875. The SMILES string of the molecule is CC[C@@H](CC[C@@H](C)C1CCC2C3CC[C@H]4CC(OC(C)=O)CCC4(C)C3CCC21C)C(C)C. The van der Waals surface area contributed by atoms with Crippen LogP contribution in [0.25, 0.3) is 0 Å². The molecular formula is C31H54O2. The summed E-state index contributed by atoms with van der Waals surface area (Å²) >= 11 is 0. The van der Waals surface area contributed by atoms with Crippen LogP contribution >= 0.6 is 0 Å². The normalized spacial score (nSPS) is 44.5. The monoisotopic (exact) mass is 458 g/mol.